The number of aromatic hydroxyl groups is 1. The molecule has 0 bridgehead atoms. The third-order valence-electron chi connectivity index (χ3n) is 12.9. The van der Waals surface area contributed by atoms with E-state index < -0.39 is 10.2 Å². The number of amides is 2. The van der Waals surface area contributed by atoms with E-state index in [1.807, 2.05) is 96.2 Å². The van der Waals surface area contributed by atoms with Crippen LogP contribution in [-0.4, -0.2) is 96.5 Å². The van der Waals surface area contributed by atoms with Crippen molar-refractivity contribution < 1.29 is 27.9 Å². The molecule has 0 radical (unpaired) electrons. The lowest BCUT2D eigenvalue weighted by molar-refractivity contribution is 0.0193. The maximum atomic E-state index is 15.6. The largest absolute Gasteiger partial charge is 0.508 e. The third-order valence-corrected chi connectivity index (χ3v) is 14.8. The van der Waals surface area contributed by atoms with Crippen molar-refractivity contribution in [2.75, 3.05) is 55.6 Å². The van der Waals surface area contributed by atoms with Gasteiger partial charge in [-0.15, -0.1) is 0 Å². The molecule has 12 nitrogen and oxygen atoms in total. The Morgan fingerprint density at radius 3 is 2.06 bits per heavy atom. The molecule has 1 saturated heterocycles. The van der Waals surface area contributed by atoms with Gasteiger partial charge in [0.05, 0.1) is 24.5 Å². The average molecular weight is 865 g/mol. The number of rotatable bonds is 10. The molecule has 0 saturated carbocycles. The Morgan fingerprint density at radius 1 is 0.730 bits per heavy atom. The molecular weight excluding hydrogens is 813 g/mol. The quantitative estimate of drug-likeness (QED) is 0.153. The van der Waals surface area contributed by atoms with Crippen LogP contribution in [0.2, 0.25) is 0 Å². The van der Waals surface area contributed by atoms with Crippen LogP contribution in [0.4, 0.5) is 17.1 Å². The molecule has 5 aromatic carbocycles. The normalized spacial score (nSPS) is 16.9. The van der Waals surface area contributed by atoms with Crippen molar-refractivity contribution in [1.29, 1.82) is 0 Å². The van der Waals surface area contributed by atoms with Crippen molar-refractivity contribution in [2.24, 2.45) is 7.05 Å². The van der Waals surface area contributed by atoms with E-state index in [4.69, 9.17) is 4.74 Å². The Balaban J connectivity index is 1.15. The van der Waals surface area contributed by atoms with E-state index in [9.17, 15) is 18.3 Å². The maximum Gasteiger partial charge on any atom is 0.304 e. The molecule has 1 fully saturated rings. The molecule has 3 aliphatic heterocycles. The first-order chi connectivity index (χ1) is 30.5. The van der Waals surface area contributed by atoms with Gasteiger partial charge in [0.1, 0.15) is 5.75 Å². The van der Waals surface area contributed by atoms with E-state index in [2.05, 4.69) is 23.1 Å². The first kappa shape index (κ1) is 42.1. The average Bonchev–Trinajstić information content (AvgIpc) is 3.61. The summed E-state index contributed by atoms with van der Waals surface area (Å²) in [5, 5.41) is 10.1. The summed E-state index contributed by atoms with van der Waals surface area (Å²) in [4.78, 5) is 36.5. The van der Waals surface area contributed by atoms with Crippen molar-refractivity contribution in [1.82, 2.24) is 18.7 Å². The van der Waals surface area contributed by atoms with E-state index in [0.717, 1.165) is 29.8 Å². The molecule has 13 heteroatoms. The number of fused-ring (bicyclic) bond motifs is 2. The number of carbonyl (C=O) groups excluding carboxylic acids is 2. The molecule has 0 unspecified atom stereocenters. The van der Waals surface area contributed by atoms with Gasteiger partial charge in [-0.3, -0.25) is 23.7 Å². The van der Waals surface area contributed by atoms with Crippen molar-refractivity contribution in [3.63, 3.8) is 0 Å². The Bertz CT molecular complexity index is 2750. The van der Waals surface area contributed by atoms with Gasteiger partial charge < -0.3 is 19.3 Å². The highest BCUT2D eigenvalue weighted by Gasteiger charge is 2.37. The summed E-state index contributed by atoms with van der Waals surface area (Å²) in [6.07, 6.45) is 1.14. The van der Waals surface area contributed by atoms with E-state index in [0.29, 0.717) is 84.3 Å². The van der Waals surface area contributed by atoms with Gasteiger partial charge in [-0.1, -0.05) is 60.7 Å². The number of nitrogens with zero attached hydrogens (tertiary/aromatic N) is 6. The van der Waals surface area contributed by atoms with Gasteiger partial charge in [0, 0.05) is 93.3 Å². The minimum atomic E-state index is -3.91. The molecule has 1 N–H and O–H groups in total. The van der Waals surface area contributed by atoms with Crippen LogP contribution in [0.1, 0.15) is 48.7 Å². The molecular formula is C50H52N6O6S. The zero-order valence-corrected chi connectivity index (χ0v) is 36.7. The predicted octanol–water partition coefficient (Wildman–Crippen LogP) is 7.32. The number of hydrogen-bond acceptors (Lipinski definition) is 7. The summed E-state index contributed by atoms with van der Waals surface area (Å²) >= 11 is 0. The van der Waals surface area contributed by atoms with Crippen LogP contribution in [0.15, 0.2) is 127 Å². The smallest absolute Gasteiger partial charge is 0.304 e. The number of carbonyl (C=O) groups is 2. The summed E-state index contributed by atoms with van der Waals surface area (Å²) in [5.74, 6) is -0.322. The van der Waals surface area contributed by atoms with Crippen molar-refractivity contribution in [3.05, 3.63) is 166 Å². The van der Waals surface area contributed by atoms with E-state index in [-0.39, 0.29) is 36.7 Å². The van der Waals surface area contributed by atoms with Gasteiger partial charge in [0.15, 0.2) is 0 Å². The first-order valence-electron chi connectivity index (χ1n) is 21.5. The number of para-hydroxylation sites is 2. The van der Waals surface area contributed by atoms with Crippen LogP contribution in [0, 0.1) is 6.92 Å². The van der Waals surface area contributed by atoms with Crippen molar-refractivity contribution >= 4 is 39.1 Å². The number of hydrogen-bond donors (Lipinski definition) is 1. The predicted molar refractivity (Wildman–Crippen MR) is 246 cm³/mol. The number of aromatic nitrogens is 1. The van der Waals surface area contributed by atoms with Crippen LogP contribution < -0.4 is 9.21 Å². The fourth-order valence-electron chi connectivity index (χ4n) is 9.20. The fraction of sp³-hybridized carbons (Fsp3) is 0.280. The number of phenols is 1. The second kappa shape index (κ2) is 17.5. The van der Waals surface area contributed by atoms with Crippen molar-refractivity contribution in [2.45, 2.75) is 38.9 Å². The lowest BCUT2D eigenvalue weighted by atomic mass is 9.89. The lowest BCUT2D eigenvalue weighted by Gasteiger charge is -2.41. The molecule has 6 aromatic rings. The Labute approximate surface area is 369 Å². The van der Waals surface area contributed by atoms with Crippen LogP contribution in [0.5, 0.6) is 5.75 Å². The second-order valence-electron chi connectivity index (χ2n) is 16.6. The van der Waals surface area contributed by atoms with Gasteiger partial charge in [-0.2, -0.15) is 12.7 Å². The minimum Gasteiger partial charge on any atom is -0.508 e. The maximum absolute atomic E-state index is 15.6. The lowest BCUT2D eigenvalue weighted by Crippen LogP contribution is -2.52. The topological polar surface area (TPSA) is 119 Å². The van der Waals surface area contributed by atoms with Crippen LogP contribution in [0.3, 0.4) is 0 Å². The van der Waals surface area contributed by atoms with E-state index in [1.165, 1.54) is 14.2 Å². The van der Waals surface area contributed by atoms with Gasteiger partial charge >= 0.3 is 10.2 Å². The van der Waals surface area contributed by atoms with Gasteiger partial charge in [-0.25, -0.2) is 0 Å². The molecule has 0 spiro atoms. The summed E-state index contributed by atoms with van der Waals surface area (Å²) in [6, 6.07) is 39.0. The zero-order chi connectivity index (χ0) is 43.8. The molecule has 3 aliphatic rings. The number of benzene rings is 5. The molecule has 9 rings (SSSR count). The highest BCUT2D eigenvalue weighted by atomic mass is 32.2. The molecule has 4 heterocycles. The molecule has 63 heavy (non-hydrogen) atoms. The van der Waals surface area contributed by atoms with Gasteiger partial charge in [0.2, 0.25) is 0 Å². The SMILES string of the molecule is Cc1c(C(=O)N(c2ccccc2)c2ccc(O)cc2)cc(-c2cc3c(cc2C(=O)N2Cc4ccccc4C[C@H]2CN2CCOCC2)CN(S(=O)(=O)N(C)c2ccccc2)CC3)n1C. The van der Waals surface area contributed by atoms with Crippen molar-refractivity contribution in [3.8, 4) is 17.0 Å². The fourth-order valence-corrected chi connectivity index (χ4v) is 10.6. The summed E-state index contributed by atoms with van der Waals surface area (Å²) in [7, 11) is -0.433. The van der Waals surface area contributed by atoms with Gasteiger partial charge in [0.25, 0.3) is 11.8 Å². The first-order valence-corrected chi connectivity index (χ1v) is 22.9. The minimum absolute atomic E-state index is 0.0929. The van der Waals surface area contributed by atoms with Crippen LogP contribution in [0.25, 0.3) is 11.3 Å². The van der Waals surface area contributed by atoms with Crippen LogP contribution >= 0.6 is 0 Å². The number of morpholine rings is 1. The van der Waals surface area contributed by atoms with E-state index >= 15 is 4.79 Å². The molecule has 1 atom stereocenters. The third kappa shape index (κ3) is 8.25. The number of anilines is 3. The molecule has 0 aliphatic carbocycles. The number of phenolic OH excluding ortho intramolecular Hbond substituents is 1. The van der Waals surface area contributed by atoms with E-state index in [1.54, 1.807) is 48.3 Å². The van der Waals surface area contributed by atoms with Gasteiger partial charge in [-0.05, 0) is 109 Å². The summed E-state index contributed by atoms with van der Waals surface area (Å²) < 4.78 is 38.7. The second-order valence-corrected chi connectivity index (χ2v) is 18.6. The Morgan fingerprint density at radius 2 is 1.37 bits per heavy atom. The zero-order valence-electron chi connectivity index (χ0n) is 35.9. The summed E-state index contributed by atoms with van der Waals surface area (Å²) in [5.41, 5.74) is 8.86. The molecule has 324 valence electrons. The van der Waals surface area contributed by atoms with Crippen LogP contribution in [-0.2, 0) is 47.9 Å². The standard InChI is InChI=1S/C50H52N6O6S/c1-35-45(50(59)56(41-16-8-5-9-17-41)42-18-20-44(57)21-19-42)31-48(51(35)2)46-29-37-22-23-54(63(60,61)52(3)40-14-6-4-7-15-40)32-39(37)30-47(46)49(58)55-33-38-13-11-10-12-36(38)28-43(55)34-53-24-26-62-27-25-53/h4-21,29-31,43,57H,22-28,32-34H2,1-3H3/t43-/m0/s1. The Hall–Kier alpha value is -6.25. The summed E-state index contributed by atoms with van der Waals surface area (Å²) in [6.45, 7) is 6.25. The highest BCUT2D eigenvalue weighted by Crippen LogP contribution is 2.38. The molecule has 2 amide bonds. The monoisotopic (exact) mass is 864 g/mol. The highest BCUT2D eigenvalue weighted by molar-refractivity contribution is 7.90. The number of ether oxygens (including phenoxy) is 1. The Kier molecular flexibility index (Phi) is 11.7. The molecule has 1 aromatic heterocycles.